The third-order valence-corrected chi connectivity index (χ3v) is 3.65. The second-order valence-electron chi connectivity index (χ2n) is 5.56. The minimum Gasteiger partial charge on any atom is -0.493 e. The molecule has 1 aromatic carbocycles. The van der Waals surface area contributed by atoms with Crippen LogP contribution in [0.25, 0.3) is 0 Å². The first kappa shape index (κ1) is 15.1. The van der Waals surface area contributed by atoms with E-state index < -0.39 is 0 Å². The minimum absolute atomic E-state index is 0.154. The predicted molar refractivity (Wildman–Crippen MR) is 81.5 cm³/mol. The summed E-state index contributed by atoms with van der Waals surface area (Å²) < 4.78 is 11.3. The quantitative estimate of drug-likeness (QED) is 0.829. The van der Waals surface area contributed by atoms with Crippen LogP contribution in [0.3, 0.4) is 0 Å². The summed E-state index contributed by atoms with van der Waals surface area (Å²) in [5.41, 5.74) is 7.04. The highest BCUT2D eigenvalue weighted by molar-refractivity contribution is 5.43. The van der Waals surface area contributed by atoms with Gasteiger partial charge in [0.1, 0.15) is 6.61 Å². The van der Waals surface area contributed by atoms with E-state index >= 15 is 0 Å². The van der Waals surface area contributed by atoms with Crippen molar-refractivity contribution in [2.75, 3.05) is 33.4 Å². The van der Waals surface area contributed by atoms with Crippen molar-refractivity contribution < 1.29 is 9.47 Å². The van der Waals surface area contributed by atoms with Gasteiger partial charge in [-0.05, 0) is 57.0 Å². The standard InChI is InChI=1S/C16H26N2O2/c1-13(17)11-14-5-6-15(19-2)16(12-14)20-10-9-18-7-3-4-8-18/h5-6,12-13H,3-4,7-11,17H2,1-2H3. The van der Waals surface area contributed by atoms with Crippen molar-refractivity contribution in [1.82, 2.24) is 4.90 Å². The lowest BCUT2D eigenvalue weighted by atomic mass is 10.1. The molecule has 1 aliphatic rings. The summed E-state index contributed by atoms with van der Waals surface area (Å²) in [5, 5.41) is 0. The summed E-state index contributed by atoms with van der Waals surface area (Å²) >= 11 is 0. The molecule has 1 heterocycles. The first-order chi connectivity index (χ1) is 9.69. The van der Waals surface area contributed by atoms with E-state index in [1.54, 1.807) is 7.11 Å². The van der Waals surface area contributed by atoms with Gasteiger partial charge in [-0.3, -0.25) is 4.90 Å². The zero-order chi connectivity index (χ0) is 14.4. The van der Waals surface area contributed by atoms with Gasteiger partial charge in [-0.25, -0.2) is 0 Å². The predicted octanol–water partition coefficient (Wildman–Crippen LogP) is 2.06. The monoisotopic (exact) mass is 278 g/mol. The maximum Gasteiger partial charge on any atom is 0.161 e. The van der Waals surface area contributed by atoms with Gasteiger partial charge >= 0.3 is 0 Å². The van der Waals surface area contributed by atoms with Gasteiger partial charge in [-0.1, -0.05) is 6.07 Å². The second-order valence-corrected chi connectivity index (χ2v) is 5.56. The molecule has 1 atom stereocenters. The van der Waals surface area contributed by atoms with Gasteiger partial charge in [0.2, 0.25) is 0 Å². The lowest BCUT2D eigenvalue weighted by Gasteiger charge is -2.17. The molecule has 0 aliphatic carbocycles. The molecule has 1 saturated heterocycles. The maximum absolute atomic E-state index is 5.90. The van der Waals surface area contributed by atoms with Crippen LogP contribution in [0, 0.1) is 0 Å². The third-order valence-electron chi connectivity index (χ3n) is 3.65. The highest BCUT2D eigenvalue weighted by atomic mass is 16.5. The molecule has 1 fully saturated rings. The maximum atomic E-state index is 5.90. The smallest absolute Gasteiger partial charge is 0.161 e. The molecule has 0 aromatic heterocycles. The van der Waals surface area contributed by atoms with Crippen LogP contribution in [0.5, 0.6) is 11.5 Å². The van der Waals surface area contributed by atoms with Crippen molar-refractivity contribution in [3.05, 3.63) is 23.8 Å². The van der Waals surface area contributed by atoms with Crippen LogP contribution >= 0.6 is 0 Å². The average Bonchev–Trinajstić information content (AvgIpc) is 2.91. The fraction of sp³-hybridized carbons (Fsp3) is 0.625. The minimum atomic E-state index is 0.154. The molecule has 0 bridgehead atoms. The largest absolute Gasteiger partial charge is 0.493 e. The van der Waals surface area contributed by atoms with Crippen LogP contribution in [0.15, 0.2) is 18.2 Å². The number of nitrogens with zero attached hydrogens (tertiary/aromatic N) is 1. The van der Waals surface area contributed by atoms with Gasteiger partial charge in [-0.2, -0.15) is 0 Å². The molecule has 4 nitrogen and oxygen atoms in total. The van der Waals surface area contributed by atoms with Crippen LogP contribution in [-0.4, -0.2) is 44.3 Å². The molecule has 1 aliphatic heterocycles. The number of hydrogen-bond donors (Lipinski definition) is 1. The fourth-order valence-electron chi connectivity index (χ4n) is 2.62. The van der Waals surface area contributed by atoms with Gasteiger partial charge in [0.05, 0.1) is 7.11 Å². The van der Waals surface area contributed by atoms with Crippen molar-refractivity contribution in [3.8, 4) is 11.5 Å². The van der Waals surface area contributed by atoms with Crippen LogP contribution in [0.4, 0.5) is 0 Å². The van der Waals surface area contributed by atoms with E-state index in [0.717, 1.165) is 24.5 Å². The number of methoxy groups -OCH3 is 1. The number of rotatable bonds is 7. The van der Waals surface area contributed by atoms with E-state index in [1.807, 2.05) is 19.1 Å². The highest BCUT2D eigenvalue weighted by Gasteiger charge is 2.12. The lowest BCUT2D eigenvalue weighted by Crippen LogP contribution is -2.25. The van der Waals surface area contributed by atoms with E-state index in [0.29, 0.717) is 6.61 Å². The summed E-state index contributed by atoms with van der Waals surface area (Å²) in [6.45, 7) is 6.10. The molecule has 1 aromatic rings. The zero-order valence-electron chi connectivity index (χ0n) is 12.6. The highest BCUT2D eigenvalue weighted by Crippen LogP contribution is 2.28. The van der Waals surface area contributed by atoms with Gasteiger partial charge in [-0.15, -0.1) is 0 Å². The van der Waals surface area contributed by atoms with Crippen molar-refractivity contribution in [2.45, 2.75) is 32.2 Å². The molecular formula is C16H26N2O2. The average molecular weight is 278 g/mol. The van der Waals surface area contributed by atoms with E-state index in [1.165, 1.54) is 31.5 Å². The normalized spacial score (nSPS) is 17.1. The van der Waals surface area contributed by atoms with E-state index in [4.69, 9.17) is 15.2 Å². The summed E-state index contributed by atoms with van der Waals surface area (Å²) in [4.78, 5) is 2.44. The molecule has 2 N–H and O–H groups in total. The van der Waals surface area contributed by atoms with Crippen LogP contribution in [-0.2, 0) is 6.42 Å². The number of likely N-dealkylation sites (tertiary alicyclic amines) is 1. The van der Waals surface area contributed by atoms with Crippen molar-refractivity contribution in [1.29, 1.82) is 0 Å². The van der Waals surface area contributed by atoms with Gasteiger partial charge in [0.15, 0.2) is 11.5 Å². The van der Waals surface area contributed by atoms with E-state index in [2.05, 4.69) is 11.0 Å². The molecule has 0 saturated carbocycles. The Morgan fingerprint density at radius 1 is 1.25 bits per heavy atom. The van der Waals surface area contributed by atoms with E-state index in [9.17, 15) is 0 Å². The number of ether oxygens (including phenoxy) is 2. The Labute approximate surface area is 121 Å². The SMILES string of the molecule is COc1ccc(CC(C)N)cc1OCCN1CCCC1. The fourth-order valence-corrected chi connectivity index (χ4v) is 2.62. The topological polar surface area (TPSA) is 47.7 Å². The Morgan fingerprint density at radius 2 is 2.00 bits per heavy atom. The molecule has 0 spiro atoms. The molecular weight excluding hydrogens is 252 g/mol. The zero-order valence-corrected chi connectivity index (χ0v) is 12.6. The molecule has 4 heteroatoms. The van der Waals surface area contributed by atoms with E-state index in [-0.39, 0.29) is 6.04 Å². The molecule has 1 unspecified atom stereocenters. The Bertz CT molecular complexity index is 415. The van der Waals surface area contributed by atoms with Crippen LogP contribution in [0.1, 0.15) is 25.3 Å². The second kappa shape index (κ2) is 7.50. The molecule has 0 radical (unpaired) electrons. The lowest BCUT2D eigenvalue weighted by molar-refractivity contribution is 0.230. The number of hydrogen-bond acceptors (Lipinski definition) is 4. The van der Waals surface area contributed by atoms with Crippen molar-refractivity contribution in [2.24, 2.45) is 5.73 Å². The van der Waals surface area contributed by atoms with Crippen LogP contribution in [0.2, 0.25) is 0 Å². The third kappa shape index (κ3) is 4.39. The van der Waals surface area contributed by atoms with Crippen molar-refractivity contribution in [3.63, 3.8) is 0 Å². The van der Waals surface area contributed by atoms with Crippen molar-refractivity contribution >= 4 is 0 Å². The Balaban J connectivity index is 1.92. The summed E-state index contributed by atoms with van der Waals surface area (Å²) in [7, 11) is 1.67. The number of benzene rings is 1. The Morgan fingerprint density at radius 3 is 2.65 bits per heavy atom. The first-order valence-corrected chi connectivity index (χ1v) is 7.46. The molecule has 0 amide bonds. The first-order valence-electron chi connectivity index (χ1n) is 7.46. The summed E-state index contributed by atoms with van der Waals surface area (Å²) in [5.74, 6) is 1.62. The molecule has 112 valence electrons. The molecule has 2 rings (SSSR count). The van der Waals surface area contributed by atoms with Gasteiger partial charge in [0.25, 0.3) is 0 Å². The summed E-state index contributed by atoms with van der Waals surface area (Å²) in [6, 6.07) is 6.21. The number of nitrogens with two attached hydrogens (primary N) is 1. The Kier molecular flexibility index (Phi) is 5.68. The van der Waals surface area contributed by atoms with Crippen LogP contribution < -0.4 is 15.2 Å². The van der Waals surface area contributed by atoms with Gasteiger partial charge in [0, 0.05) is 12.6 Å². The Hall–Kier alpha value is -1.26. The molecule has 20 heavy (non-hydrogen) atoms. The van der Waals surface area contributed by atoms with Gasteiger partial charge < -0.3 is 15.2 Å². The summed E-state index contributed by atoms with van der Waals surface area (Å²) in [6.07, 6.45) is 3.48.